The van der Waals surface area contributed by atoms with Crippen LogP contribution >= 0.6 is 0 Å². The molecule has 1 aromatic carbocycles. The molecule has 3 nitrogen and oxygen atoms in total. The molecular weight excluding hydrogens is 260 g/mol. The van der Waals surface area contributed by atoms with Crippen molar-refractivity contribution in [3.05, 3.63) is 35.9 Å². The summed E-state index contributed by atoms with van der Waals surface area (Å²) in [7, 11) is 0. The lowest BCUT2D eigenvalue weighted by atomic mass is 9.92. The lowest BCUT2D eigenvalue weighted by molar-refractivity contribution is -0.0720. The largest absolute Gasteiger partial charge is 0.375 e. The third-order valence-electron chi connectivity index (χ3n) is 5.26. The van der Waals surface area contributed by atoms with Crippen molar-refractivity contribution in [1.29, 1.82) is 0 Å². The molecule has 116 valence electrons. The standard InChI is InChI=1S/C18H28N2O/c1-14(15-6-3-2-4-7-15)12-16(13-19)20-10-11-21-18-9-5-8-17(18)20/h2-4,6-7,14,16-18H,5,8-13,19H2,1H3. The lowest BCUT2D eigenvalue weighted by Gasteiger charge is -2.43. The molecule has 1 aromatic rings. The van der Waals surface area contributed by atoms with E-state index in [4.69, 9.17) is 10.5 Å². The van der Waals surface area contributed by atoms with E-state index < -0.39 is 0 Å². The first kappa shape index (κ1) is 15.0. The van der Waals surface area contributed by atoms with Gasteiger partial charge in [0.15, 0.2) is 0 Å². The summed E-state index contributed by atoms with van der Waals surface area (Å²) in [4.78, 5) is 2.65. The fraction of sp³-hybridized carbons (Fsp3) is 0.667. The van der Waals surface area contributed by atoms with Gasteiger partial charge in [0, 0.05) is 25.2 Å². The maximum Gasteiger partial charge on any atom is 0.0731 e. The first-order valence-electron chi connectivity index (χ1n) is 8.42. The maximum absolute atomic E-state index is 6.13. The maximum atomic E-state index is 6.13. The van der Waals surface area contributed by atoms with Crippen LogP contribution in [0.3, 0.4) is 0 Å². The summed E-state index contributed by atoms with van der Waals surface area (Å²) >= 11 is 0. The Morgan fingerprint density at radius 2 is 2.10 bits per heavy atom. The van der Waals surface area contributed by atoms with Gasteiger partial charge in [-0.15, -0.1) is 0 Å². The highest BCUT2D eigenvalue weighted by Crippen LogP contribution is 2.33. The average Bonchev–Trinajstić information content (AvgIpc) is 3.02. The summed E-state index contributed by atoms with van der Waals surface area (Å²) in [6.07, 6.45) is 5.41. The van der Waals surface area contributed by atoms with Crippen LogP contribution in [0.5, 0.6) is 0 Å². The van der Waals surface area contributed by atoms with Gasteiger partial charge >= 0.3 is 0 Å². The zero-order valence-electron chi connectivity index (χ0n) is 13.1. The Morgan fingerprint density at radius 3 is 2.86 bits per heavy atom. The van der Waals surface area contributed by atoms with Gasteiger partial charge in [-0.05, 0) is 37.2 Å². The van der Waals surface area contributed by atoms with Crippen LogP contribution in [0.15, 0.2) is 30.3 Å². The topological polar surface area (TPSA) is 38.5 Å². The normalized spacial score (nSPS) is 29.0. The Balaban J connectivity index is 1.67. The summed E-state index contributed by atoms with van der Waals surface area (Å²) in [5, 5.41) is 0. The molecule has 0 spiro atoms. The van der Waals surface area contributed by atoms with Crippen molar-refractivity contribution in [1.82, 2.24) is 4.90 Å². The van der Waals surface area contributed by atoms with Crippen LogP contribution in [-0.2, 0) is 4.74 Å². The number of morpholine rings is 1. The van der Waals surface area contributed by atoms with Gasteiger partial charge in [-0.1, -0.05) is 37.3 Å². The highest BCUT2D eigenvalue weighted by molar-refractivity contribution is 5.19. The number of nitrogens with zero attached hydrogens (tertiary/aromatic N) is 1. The van der Waals surface area contributed by atoms with Crippen molar-refractivity contribution >= 4 is 0 Å². The molecule has 2 fully saturated rings. The van der Waals surface area contributed by atoms with Crippen LogP contribution in [-0.4, -0.2) is 42.8 Å². The highest BCUT2D eigenvalue weighted by Gasteiger charge is 2.38. The Kier molecular flexibility index (Phi) is 4.94. The average molecular weight is 288 g/mol. The number of nitrogens with two attached hydrogens (primary N) is 1. The second kappa shape index (κ2) is 6.91. The van der Waals surface area contributed by atoms with Gasteiger partial charge in [-0.25, -0.2) is 0 Å². The molecule has 1 saturated carbocycles. The predicted octanol–water partition coefficient (Wildman–Crippen LogP) is 2.76. The summed E-state index contributed by atoms with van der Waals surface area (Å²) < 4.78 is 5.93. The van der Waals surface area contributed by atoms with Crippen LogP contribution in [0, 0.1) is 0 Å². The van der Waals surface area contributed by atoms with Gasteiger partial charge < -0.3 is 10.5 Å². The molecule has 3 rings (SSSR count). The molecule has 3 heteroatoms. The van der Waals surface area contributed by atoms with E-state index in [2.05, 4.69) is 42.2 Å². The van der Waals surface area contributed by atoms with Gasteiger partial charge in [0.2, 0.25) is 0 Å². The first-order chi connectivity index (χ1) is 10.3. The fourth-order valence-electron chi connectivity index (χ4n) is 4.10. The van der Waals surface area contributed by atoms with Crippen molar-refractivity contribution in [3.63, 3.8) is 0 Å². The first-order valence-corrected chi connectivity index (χ1v) is 8.42. The molecule has 0 radical (unpaired) electrons. The van der Waals surface area contributed by atoms with Crippen molar-refractivity contribution in [2.24, 2.45) is 5.73 Å². The van der Waals surface area contributed by atoms with Crippen molar-refractivity contribution in [2.75, 3.05) is 19.7 Å². The Bertz CT molecular complexity index is 436. The molecular formula is C18H28N2O. The van der Waals surface area contributed by atoms with E-state index in [1.165, 1.54) is 24.8 Å². The minimum atomic E-state index is 0.458. The Hall–Kier alpha value is -0.900. The second-order valence-electron chi connectivity index (χ2n) is 6.58. The third kappa shape index (κ3) is 3.31. The molecule has 1 aliphatic carbocycles. The SMILES string of the molecule is CC(CC(CN)N1CCOC2CCCC21)c1ccccc1. The second-order valence-corrected chi connectivity index (χ2v) is 6.58. The van der Waals surface area contributed by atoms with E-state index in [1.807, 2.05) is 0 Å². The molecule has 0 amide bonds. The quantitative estimate of drug-likeness (QED) is 0.905. The zero-order valence-corrected chi connectivity index (χ0v) is 13.1. The van der Waals surface area contributed by atoms with Crippen LogP contribution < -0.4 is 5.73 Å². The van der Waals surface area contributed by atoms with E-state index in [1.54, 1.807) is 0 Å². The van der Waals surface area contributed by atoms with Crippen LogP contribution in [0.1, 0.15) is 44.1 Å². The number of ether oxygens (including phenoxy) is 1. The van der Waals surface area contributed by atoms with Crippen molar-refractivity contribution in [3.8, 4) is 0 Å². The van der Waals surface area contributed by atoms with Gasteiger partial charge in [0.05, 0.1) is 12.7 Å². The van der Waals surface area contributed by atoms with E-state index in [0.29, 0.717) is 24.1 Å². The molecule has 4 atom stereocenters. The Labute approximate surface area is 128 Å². The molecule has 2 aliphatic rings. The molecule has 21 heavy (non-hydrogen) atoms. The summed E-state index contributed by atoms with van der Waals surface area (Å²) in [5.74, 6) is 0.558. The lowest BCUT2D eigenvalue weighted by Crippen LogP contribution is -2.55. The number of benzene rings is 1. The zero-order chi connectivity index (χ0) is 14.7. The van der Waals surface area contributed by atoms with Gasteiger partial charge in [-0.2, -0.15) is 0 Å². The molecule has 0 aromatic heterocycles. The van der Waals surface area contributed by atoms with E-state index in [9.17, 15) is 0 Å². The molecule has 1 aliphatic heterocycles. The monoisotopic (exact) mass is 288 g/mol. The van der Waals surface area contributed by atoms with Crippen LogP contribution in [0.2, 0.25) is 0 Å². The number of hydrogen-bond acceptors (Lipinski definition) is 3. The minimum absolute atomic E-state index is 0.458. The van der Waals surface area contributed by atoms with E-state index in [-0.39, 0.29) is 0 Å². The number of fused-ring (bicyclic) bond motifs is 1. The Morgan fingerprint density at radius 1 is 1.29 bits per heavy atom. The number of hydrogen-bond donors (Lipinski definition) is 1. The van der Waals surface area contributed by atoms with Gasteiger partial charge in [0.25, 0.3) is 0 Å². The predicted molar refractivity (Wildman–Crippen MR) is 86.4 cm³/mol. The fourth-order valence-corrected chi connectivity index (χ4v) is 4.10. The molecule has 0 bridgehead atoms. The van der Waals surface area contributed by atoms with Crippen LogP contribution in [0.4, 0.5) is 0 Å². The van der Waals surface area contributed by atoms with E-state index >= 15 is 0 Å². The highest BCUT2D eigenvalue weighted by atomic mass is 16.5. The molecule has 1 saturated heterocycles. The van der Waals surface area contributed by atoms with E-state index in [0.717, 1.165) is 26.1 Å². The molecule has 2 N–H and O–H groups in total. The summed E-state index contributed by atoms with van der Waals surface area (Å²) in [6.45, 7) is 4.99. The molecule has 1 heterocycles. The third-order valence-corrected chi connectivity index (χ3v) is 5.26. The minimum Gasteiger partial charge on any atom is -0.375 e. The molecule has 4 unspecified atom stereocenters. The van der Waals surface area contributed by atoms with Crippen molar-refractivity contribution < 1.29 is 4.74 Å². The van der Waals surface area contributed by atoms with Crippen molar-refractivity contribution in [2.45, 2.75) is 56.7 Å². The number of rotatable bonds is 5. The summed E-state index contributed by atoms with van der Waals surface area (Å²) in [6, 6.07) is 11.9. The van der Waals surface area contributed by atoms with Crippen LogP contribution in [0.25, 0.3) is 0 Å². The van der Waals surface area contributed by atoms with Gasteiger partial charge in [-0.3, -0.25) is 4.90 Å². The van der Waals surface area contributed by atoms with Gasteiger partial charge in [0.1, 0.15) is 0 Å². The smallest absolute Gasteiger partial charge is 0.0731 e. The summed E-state index contributed by atoms with van der Waals surface area (Å²) in [5.41, 5.74) is 7.55.